The van der Waals surface area contributed by atoms with E-state index in [2.05, 4.69) is 0 Å². The molecule has 0 saturated heterocycles. The first-order chi connectivity index (χ1) is 8.58. The average molecular weight is 247 g/mol. The number of nitrogens with zero attached hydrogens (tertiary/aromatic N) is 1. The molecule has 0 atom stereocenters. The highest BCUT2D eigenvalue weighted by atomic mass is 16.4. The van der Waals surface area contributed by atoms with Crippen LogP contribution >= 0.6 is 0 Å². The standard InChI is InChI=1S/C14H17NO3/c1-15(8-7-10-5-6-10)13(16)11-3-2-4-12(9-11)14(17)18/h2-4,9-10H,5-8H2,1H3,(H,17,18). The van der Waals surface area contributed by atoms with Crippen molar-refractivity contribution in [2.75, 3.05) is 13.6 Å². The molecule has 1 aliphatic rings. The lowest BCUT2D eigenvalue weighted by Crippen LogP contribution is -2.28. The molecule has 96 valence electrons. The molecule has 1 saturated carbocycles. The lowest BCUT2D eigenvalue weighted by Gasteiger charge is -2.17. The molecule has 0 unspecified atom stereocenters. The van der Waals surface area contributed by atoms with Crippen molar-refractivity contribution in [1.29, 1.82) is 0 Å². The normalized spacial score (nSPS) is 14.3. The van der Waals surface area contributed by atoms with E-state index in [4.69, 9.17) is 5.11 Å². The first kappa shape index (κ1) is 12.6. The van der Waals surface area contributed by atoms with Gasteiger partial charge < -0.3 is 10.0 Å². The summed E-state index contributed by atoms with van der Waals surface area (Å²) in [5.41, 5.74) is 0.588. The summed E-state index contributed by atoms with van der Waals surface area (Å²) in [6.45, 7) is 0.737. The fraction of sp³-hybridized carbons (Fsp3) is 0.429. The summed E-state index contributed by atoms with van der Waals surface area (Å²) in [5, 5.41) is 8.89. The number of carbonyl (C=O) groups excluding carboxylic acids is 1. The number of hydrogen-bond acceptors (Lipinski definition) is 2. The Kier molecular flexibility index (Phi) is 3.65. The van der Waals surface area contributed by atoms with Gasteiger partial charge in [-0.25, -0.2) is 4.79 Å². The van der Waals surface area contributed by atoms with E-state index >= 15 is 0 Å². The zero-order valence-electron chi connectivity index (χ0n) is 10.4. The molecular formula is C14H17NO3. The fourth-order valence-corrected chi connectivity index (χ4v) is 1.89. The Bertz CT molecular complexity index is 466. The maximum Gasteiger partial charge on any atom is 0.335 e. The van der Waals surface area contributed by atoms with Crippen molar-refractivity contribution in [1.82, 2.24) is 4.90 Å². The maximum atomic E-state index is 12.1. The zero-order valence-corrected chi connectivity index (χ0v) is 10.4. The molecular weight excluding hydrogens is 230 g/mol. The summed E-state index contributed by atoms with van der Waals surface area (Å²) in [4.78, 5) is 24.6. The van der Waals surface area contributed by atoms with Gasteiger partial charge in [0.15, 0.2) is 0 Å². The molecule has 1 aromatic carbocycles. The van der Waals surface area contributed by atoms with Crippen LogP contribution in [0.25, 0.3) is 0 Å². The van der Waals surface area contributed by atoms with E-state index in [-0.39, 0.29) is 11.5 Å². The third-order valence-corrected chi connectivity index (χ3v) is 3.27. The maximum absolute atomic E-state index is 12.1. The van der Waals surface area contributed by atoms with Crippen LogP contribution in [0, 0.1) is 5.92 Å². The third kappa shape index (κ3) is 3.09. The van der Waals surface area contributed by atoms with Crippen molar-refractivity contribution in [2.45, 2.75) is 19.3 Å². The van der Waals surface area contributed by atoms with Crippen molar-refractivity contribution in [3.8, 4) is 0 Å². The van der Waals surface area contributed by atoms with Gasteiger partial charge in [0.25, 0.3) is 5.91 Å². The Morgan fingerprint density at radius 3 is 2.61 bits per heavy atom. The number of aromatic carboxylic acids is 1. The number of benzene rings is 1. The quantitative estimate of drug-likeness (QED) is 0.868. The Morgan fingerprint density at radius 1 is 1.33 bits per heavy atom. The highest BCUT2D eigenvalue weighted by Gasteiger charge is 2.22. The summed E-state index contributed by atoms with van der Waals surface area (Å²) < 4.78 is 0. The van der Waals surface area contributed by atoms with Gasteiger partial charge in [-0.1, -0.05) is 18.9 Å². The summed E-state index contributed by atoms with van der Waals surface area (Å²) in [6.07, 6.45) is 3.59. The molecule has 0 spiro atoms. The first-order valence-electron chi connectivity index (χ1n) is 6.17. The van der Waals surface area contributed by atoms with Crippen molar-refractivity contribution in [3.05, 3.63) is 35.4 Å². The molecule has 1 aliphatic carbocycles. The van der Waals surface area contributed by atoms with Gasteiger partial charge >= 0.3 is 5.97 Å². The molecule has 0 aromatic heterocycles. The molecule has 1 aromatic rings. The zero-order chi connectivity index (χ0) is 13.1. The van der Waals surface area contributed by atoms with Crippen molar-refractivity contribution in [3.63, 3.8) is 0 Å². The topological polar surface area (TPSA) is 57.6 Å². The average Bonchev–Trinajstić information content (AvgIpc) is 3.19. The molecule has 0 aliphatic heterocycles. The Morgan fingerprint density at radius 2 is 2.00 bits per heavy atom. The molecule has 0 bridgehead atoms. The minimum Gasteiger partial charge on any atom is -0.478 e. The number of carboxylic acids is 1. The van der Waals surface area contributed by atoms with Crippen molar-refractivity contribution in [2.24, 2.45) is 5.92 Å². The van der Waals surface area contributed by atoms with Crippen LogP contribution in [-0.4, -0.2) is 35.5 Å². The second-order valence-electron chi connectivity index (χ2n) is 4.84. The van der Waals surface area contributed by atoms with E-state index in [0.717, 1.165) is 18.9 Å². The minimum absolute atomic E-state index is 0.112. The number of carboxylic acid groups (broad SMARTS) is 1. The molecule has 0 heterocycles. The van der Waals surface area contributed by atoms with Gasteiger partial charge in [0, 0.05) is 19.2 Å². The van der Waals surface area contributed by atoms with E-state index in [1.54, 1.807) is 24.1 Å². The van der Waals surface area contributed by atoms with Crippen LogP contribution < -0.4 is 0 Å². The van der Waals surface area contributed by atoms with Crippen LogP contribution in [0.4, 0.5) is 0 Å². The second-order valence-corrected chi connectivity index (χ2v) is 4.84. The van der Waals surface area contributed by atoms with Crippen LogP contribution in [0.5, 0.6) is 0 Å². The number of amides is 1. The monoisotopic (exact) mass is 247 g/mol. The largest absolute Gasteiger partial charge is 0.478 e. The van der Waals surface area contributed by atoms with E-state index in [0.29, 0.717) is 5.56 Å². The van der Waals surface area contributed by atoms with Gasteiger partial charge in [-0.3, -0.25) is 4.79 Å². The van der Waals surface area contributed by atoms with Crippen LogP contribution in [0.2, 0.25) is 0 Å². The smallest absolute Gasteiger partial charge is 0.335 e. The van der Waals surface area contributed by atoms with Gasteiger partial charge in [-0.05, 0) is 30.5 Å². The molecule has 18 heavy (non-hydrogen) atoms. The number of carbonyl (C=O) groups is 2. The van der Waals surface area contributed by atoms with E-state index < -0.39 is 5.97 Å². The highest BCUT2D eigenvalue weighted by molar-refractivity contribution is 5.97. The minimum atomic E-state index is -1.01. The van der Waals surface area contributed by atoms with E-state index in [1.165, 1.54) is 25.0 Å². The molecule has 4 heteroatoms. The molecule has 1 amide bonds. The van der Waals surface area contributed by atoms with Crippen molar-refractivity contribution < 1.29 is 14.7 Å². The van der Waals surface area contributed by atoms with Crippen molar-refractivity contribution >= 4 is 11.9 Å². The first-order valence-corrected chi connectivity index (χ1v) is 6.17. The van der Waals surface area contributed by atoms with Gasteiger partial charge in [0.05, 0.1) is 5.56 Å². The Labute approximate surface area is 106 Å². The Hall–Kier alpha value is -1.84. The van der Waals surface area contributed by atoms with E-state index in [9.17, 15) is 9.59 Å². The molecule has 4 nitrogen and oxygen atoms in total. The lowest BCUT2D eigenvalue weighted by molar-refractivity contribution is 0.0697. The van der Waals surface area contributed by atoms with Crippen LogP contribution in [-0.2, 0) is 0 Å². The summed E-state index contributed by atoms with van der Waals surface area (Å²) in [5.74, 6) is -0.338. The SMILES string of the molecule is CN(CCC1CC1)C(=O)c1cccc(C(=O)O)c1. The summed E-state index contributed by atoms with van der Waals surface area (Å²) >= 11 is 0. The van der Waals surface area contributed by atoms with Crippen LogP contribution in [0.15, 0.2) is 24.3 Å². The van der Waals surface area contributed by atoms with Gasteiger partial charge in [-0.15, -0.1) is 0 Å². The van der Waals surface area contributed by atoms with Gasteiger partial charge in [0.2, 0.25) is 0 Å². The third-order valence-electron chi connectivity index (χ3n) is 3.27. The molecule has 0 radical (unpaired) electrons. The van der Waals surface area contributed by atoms with Crippen LogP contribution in [0.3, 0.4) is 0 Å². The second kappa shape index (κ2) is 5.21. The number of rotatable bonds is 5. The number of hydrogen-bond donors (Lipinski definition) is 1. The molecule has 2 rings (SSSR count). The predicted molar refractivity (Wildman–Crippen MR) is 67.7 cm³/mol. The molecule has 1 fully saturated rings. The van der Waals surface area contributed by atoms with Crippen LogP contribution in [0.1, 0.15) is 40.0 Å². The Balaban J connectivity index is 2.02. The lowest BCUT2D eigenvalue weighted by atomic mass is 10.1. The summed E-state index contributed by atoms with van der Waals surface area (Å²) in [6, 6.07) is 6.18. The molecule has 1 N–H and O–H groups in total. The fourth-order valence-electron chi connectivity index (χ4n) is 1.89. The van der Waals surface area contributed by atoms with Gasteiger partial charge in [-0.2, -0.15) is 0 Å². The predicted octanol–water partition coefficient (Wildman–Crippen LogP) is 2.26. The van der Waals surface area contributed by atoms with Gasteiger partial charge in [0.1, 0.15) is 0 Å². The summed E-state index contributed by atoms with van der Waals surface area (Å²) in [7, 11) is 1.76. The van der Waals surface area contributed by atoms with E-state index in [1.807, 2.05) is 0 Å². The highest BCUT2D eigenvalue weighted by Crippen LogP contribution is 2.32.